The molecule has 0 bridgehead atoms. The molecule has 0 amide bonds. The van der Waals surface area contributed by atoms with Gasteiger partial charge in [-0.05, 0) is 18.4 Å². The summed E-state index contributed by atoms with van der Waals surface area (Å²) in [7, 11) is 1.48. The lowest BCUT2D eigenvalue weighted by atomic mass is 9.92. The van der Waals surface area contributed by atoms with Crippen molar-refractivity contribution in [3.63, 3.8) is 0 Å². The summed E-state index contributed by atoms with van der Waals surface area (Å²) in [6.07, 6.45) is -2.10. The Morgan fingerprint density at radius 1 is 0.967 bits per heavy atom. The highest BCUT2D eigenvalue weighted by molar-refractivity contribution is 4.93. The molecule has 30 heavy (non-hydrogen) atoms. The Morgan fingerprint density at radius 2 is 1.67 bits per heavy atom. The zero-order chi connectivity index (χ0) is 22.4. The van der Waals surface area contributed by atoms with Crippen LogP contribution in [0.5, 0.6) is 0 Å². The van der Waals surface area contributed by atoms with Crippen LogP contribution < -0.4 is 0 Å². The summed E-state index contributed by atoms with van der Waals surface area (Å²) in [6, 6.07) is 0. The van der Waals surface area contributed by atoms with Crippen LogP contribution in [-0.4, -0.2) is 91.1 Å². The van der Waals surface area contributed by atoms with E-state index in [1.165, 1.54) is 7.11 Å². The third kappa shape index (κ3) is 5.79. The van der Waals surface area contributed by atoms with E-state index in [9.17, 15) is 15.3 Å². The quantitative estimate of drug-likeness (QED) is 0.555. The monoisotopic (exact) mass is 434 g/mol. The second-order valence-corrected chi connectivity index (χ2v) is 7.90. The van der Waals surface area contributed by atoms with Gasteiger partial charge in [-0.25, -0.2) is 0 Å². The molecule has 4 aliphatic rings. The molecule has 4 fully saturated rings. The van der Waals surface area contributed by atoms with Gasteiger partial charge in [0.25, 0.3) is 0 Å². The lowest BCUT2D eigenvalue weighted by Gasteiger charge is -2.33. The molecule has 0 radical (unpaired) electrons. The Bertz CT molecular complexity index is 517. The third-order valence-electron chi connectivity index (χ3n) is 5.62. The highest BCUT2D eigenvalue weighted by Crippen LogP contribution is 2.36. The average molecular weight is 435 g/mol. The summed E-state index contributed by atoms with van der Waals surface area (Å²) in [6.45, 7) is 12.6. The van der Waals surface area contributed by atoms with Crippen LogP contribution in [0, 0.1) is 11.8 Å². The van der Waals surface area contributed by atoms with Crippen molar-refractivity contribution in [3.8, 4) is 0 Å². The van der Waals surface area contributed by atoms with E-state index in [4.69, 9.17) is 28.4 Å². The first kappa shape index (κ1) is 25.6. The van der Waals surface area contributed by atoms with Crippen molar-refractivity contribution in [2.24, 2.45) is 11.8 Å². The SMILES string of the molecule is C=CC1OC2COC(OC)C(O)C2O1.CC.CC(C)C1CC2COC(O)C(O)C2O1. The lowest BCUT2D eigenvalue weighted by molar-refractivity contribution is -0.241. The van der Waals surface area contributed by atoms with Crippen LogP contribution in [0.1, 0.15) is 34.1 Å². The molecule has 0 aromatic heterocycles. The molecular formula is C21H38O9. The molecule has 0 spiro atoms. The summed E-state index contributed by atoms with van der Waals surface area (Å²) >= 11 is 0. The highest BCUT2D eigenvalue weighted by atomic mass is 16.8. The molecule has 4 aliphatic heterocycles. The van der Waals surface area contributed by atoms with E-state index in [1.54, 1.807) is 6.08 Å². The molecule has 0 aromatic rings. The Morgan fingerprint density at radius 3 is 2.27 bits per heavy atom. The fourth-order valence-electron chi connectivity index (χ4n) is 3.96. The molecule has 3 N–H and O–H groups in total. The predicted molar refractivity (Wildman–Crippen MR) is 107 cm³/mol. The number of hydrogen-bond donors (Lipinski definition) is 3. The summed E-state index contributed by atoms with van der Waals surface area (Å²) in [5, 5.41) is 28.7. The minimum Gasteiger partial charge on any atom is -0.385 e. The van der Waals surface area contributed by atoms with E-state index in [-0.39, 0.29) is 24.2 Å². The predicted octanol–water partition coefficient (Wildman–Crippen LogP) is 0.798. The first-order chi connectivity index (χ1) is 14.3. The van der Waals surface area contributed by atoms with Gasteiger partial charge in [-0.1, -0.05) is 34.3 Å². The number of hydrogen-bond acceptors (Lipinski definition) is 9. The first-order valence-corrected chi connectivity index (χ1v) is 10.7. The summed E-state index contributed by atoms with van der Waals surface area (Å²) in [5.41, 5.74) is 0. The molecule has 10 unspecified atom stereocenters. The van der Waals surface area contributed by atoms with Crippen molar-refractivity contribution in [2.75, 3.05) is 20.3 Å². The van der Waals surface area contributed by atoms with Crippen molar-refractivity contribution in [1.29, 1.82) is 0 Å². The van der Waals surface area contributed by atoms with E-state index in [0.29, 0.717) is 19.1 Å². The topological polar surface area (TPSA) is 116 Å². The van der Waals surface area contributed by atoms with Crippen molar-refractivity contribution < 1.29 is 43.7 Å². The Kier molecular flexibility index (Phi) is 10.1. The van der Waals surface area contributed by atoms with Gasteiger partial charge in [0.05, 0.1) is 25.4 Å². The van der Waals surface area contributed by atoms with E-state index in [1.807, 2.05) is 13.8 Å². The summed E-state index contributed by atoms with van der Waals surface area (Å²) in [5.74, 6) is 0.686. The fourth-order valence-corrected chi connectivity index (χ4v) is 3.96. The van der Waals surface area contributed by atoms with E-state index in [0.717, 1.165) is 6.42 Å². The van der Waals surface area contributed by atoms with Crippen LogP contribution >= 0.6 is 0 Å². The van der Waals surface area contributed by atoms with Crippen LogP contribution in [0.4, 0.5) is 0 Å². The maximum absolute atomic E-state index is 9.76. The molecule has 4 heterocycles. The molecule has 0 saturated carbocycles. The molecule has 0 aromatic carbocycles. The number of aliphatic hydroxyl groups excluding tert-OH is 3. The van der Waals surface area contributed by atoms with E-state index < -0.39 is 37.2 Å². The van der Waals surface area contributed by atoms with Crippen LogP contribution in [0.3, 0.4) is 0 Å². The number of aliphatic hydroxyl groups is 3. The van der Waals surface area contributed by atoms with Crippen LogP contribution in [0.2, 0.25) is 0 Å². The van der Waals surface area contributed by atoms with Gasteiger partial charge in [-0.15, -0.1) is 0 Å². The minimum absolute atomic E-state index is 0.188. The van der Waals surface area contributed by atoms with Gasteiger partial charge in [0.2, 0.25) is 0 Å². The third-order valence-corrected chi connectivity index (χ3v) is 5.62. The van der Waals surface area contributed by atoms with Gasteiger partial charge < -0.3 is 43.7 Å². The largest absolute Gasteiger partial charge is 0.385 e. The normalized spacial score (nSPS) is 44.8. The lowest BCUT2D eigenvalue weighted by Crippen LogP contribution is -2.52. The standard InChI is InChI=1S/C10H18O4.C9H14O5.C2H6/c1-5(2)7-3-6-4-13-10(12)8(11)9(6)14-7;1-3-6-13-5-4-12-9(11-2)7(10)8(5)14-6;1-2/h5-12H,3-4H2,1-2H3;3,5-10H,1,4H2,2H3;1-2H3. The van der Waals surface area contributed by atoms with E-state index in [2.05, 4.69) is 20.4 Å². The molecule has 9 nitrogen and oxygen atoms in total. The Labute approximate surface area is 178 Å². The molecule has 10 atom stereocenters. The van der Waals surface area contributed by atoms with Gasteiger partial charge >= 0.3 is 0 Å². The van der Waals surface area contributed by atoms with Crippen LogP contribution in [-0.2, 0) is 28.4 Å². The molecule has 0 aliphatic carbocycles. The van der Waals surface area contributed by atoms with Gasteiger partial charge in [-0.2, -0.15) is 0 Å². The zero-order valence-corrected chi connectivity index (χ0v) is 18.5. The van der Waals surface area contributed by atoms with Gasteiger partial charge in [0, 0.05) is 13.0 Å². The number of rotatable bonds is 3. The molecule has 4 saturated heterocycles. The van der Waals surface area contributed by atoms with Crippen LogP contribution in [0.15, 0.2) is 12.7 Å². The van der Waals surface area contributed by atoms with Gasteiger partial charge in [-0.3, -0.25) is 0 Å². The highest BCUT2D eigenvalue weighted by Gasteiger charge is 2.47. The number of fused-ring (bicyclic) bond motifs is 2. The van der Waals surface area contributed by atoms with Crippen molar-refractivity contribution in [3.05, 3.63) is 12.7 Å². The second-order valence-electron chi connectivity index (χ2n) is 7.90. The molecule has 4 rings (SSSR count). The van der Waals surface area contributed by atoms with Crippen molar-refractivity contribution in [1.82, 2.24) is 0 Å². The van der Waals surface area contributed by atoms with Gasteiger partial charge in [0.1, 0.15) is 24.4 Å². The molecule has 9 heteroatoms. The summed E-state index contributed by atoms with van der Waals surface area (Å²) in [4.78, 5) is 0. The Balaban J connectivity index is 0.000000197. The number of ether oxygens (including phenoxy) is 6. The summed E-state index contributed by atoms with van der Waals surface area (Å²) < 4.78 is 31.8. The average Bonchev–Trinajstić information content (AvgIpc) is 3.38. The van der Waals surface area contributed by atoms with Gasteiger partial charge in [0.15, 0.2) is 18.9 Å². The molecular weight excluding hydrogens is 396 g/mol. The number of methoxy groups -OCH3 is 1. The smallest absolute Gasteiger partial charge is 0.185 e. The Hall–Kier alpha value is -0.620. The maximum atomic E-state index is 9.76. The molecule has 176 valence electrons. The second kappa shape index (κ2) is 11.8. The first-order valence-electron chi connectivity index (χ1n) is 10.7. The minimum atomic E-state index is -1.08. The zero-order valence-electron chi connectivity index (χ0n) is 18.5. The van der Waals surface area contributed by atoms with E-state index >= 15 is 0 Å². The van der Waals surface area contributed by atoms with Crippen molar-refractivity contribution >= 4 is 0 Å². The maximum Gasteiger partial charge on any atom is 0.185 e. The van der Waals surface area contributed by atoms with Crippen LogP contribution in [0.25, 0.3) is 0 Å². The van der Waals surface area contributed by atoms with Crippen molar-refractivity contribution in [2.45, 2.75) is 89.6 Å². The fraction of sp³-hybridized carbons (Fsp3) is 0.905.